The third-order valence-corrected chi connectivity index (χ3v) is 3.58. The van der Waals surface area contributed by atoms with Crippen LogP contribution in [0.5, 0.6) is 0 Å². The fourth-order valence-electron chi connectivity index (χ4n) is 2.26. The van der Waals surface area contributed by atoms with Crippen LogP contribution in [0.25, 0.3) is 0 Å². The molecule has 0 saturated carbocycles. The number of rotatable bonds is 9. The summed E-state index contributed by atoms with van der Waals surface area (Å²) in [5, 5.41) is 3.47. The molecule has 1 unspecified atom stereocenters. The van der Waals surface area contributed by atoms with Crippen molar-refractivity contribution in [3.05, 3.63) is 11.9 Å². The normalized spacial score (nSPS) is 12.4. The second kappa shape index (κ2) is 8.73. The van der Waals surface area contributed by atoms with Crippen LogP contribution in [0.3, 0.4) is 0 Å². The van der Waals surface area contributed by atoms with Gasteiger partial charge in [-0.1, -0.05) is 46.5 Å². The van der Waals surface area contributed by atoms with Crippen LogP contribution in [0.15, 0.2) is 6.33 Å². The van der Waals surface area contributed by atoms with E-state index in [2.05, 4.69) is 36.1 Å². The van der Waals surface area contributed by atoms with Crippen molar-refractivity contribution in [1.29, 1.82) is 0 Å². The zero-order chi connectivity index (χ0) is 14.1. The summed E-state index contributed by atoms with van der Waals surface area (Å²) >= 11 is 0. The number of aromatic nitrogens is 2. The monoisotopic (exact) mass is 264 g/mol. The van der Waals surface area contributed by atoms with E-state index in [1.807, 2.05) is 0 Å². The summed E-state index contributed by atoms with van der Waals surface area (Å²) in [5.41, 5.74) is 7.00. The Bertz CT molecular complexity index is 365. The average Bonchev–Trinajstić information content (AvgIpc) is 2.42. The Labute approximate surface area is 117 Å². The number of nitrogens with two attached hydrogens (primary N) is 1. The maximum atomic E-state index is 5.94. The van der Waals surface area contributed by atoms with Gasteiger partial charge in [0.25, 0.3) is 0 Å². The van der Waals surface area contributed by atoms with Gasteiger partial charge in [0.15, 0.2) is 0 Å². The molecule has 0 spiro atoms. The molecule has 0 amide bonds. The van der Waals surface area contributed by atoms with E-state index in [1.165, 1.54) is 25.7 Å². The molecule has 1 aromatic rings. The van der Waals surface area contributed by atoms with Gasteiger partial charge in [-0.15, -0.1) is 0 Å². The van der Waals surface area contributed by atoms with Crippen molar-refractivity contribution in [2.75, 3.05) is 17.6 Å². The Balaban J connectivity index is 2.62. The highest BCUT2D eigenvalue weighted by Gasteiger charge is 2.10. The topological polar surface area (TPSA) is 63.8 Å². The molecule has 4 nitrogen and oxygen atoms in total. The zero-order valence-corrected chi connectivity index (χ0v) is 12.6. The molecule has 0 radical (unpaired) electrons. The summed E-state index contributed by atoms with van der Waals surface area (Å²) in [7, 11) is 0. The molecule has 0 saturated heterocycles. The number of hydrogen-bond donors (Lipinski definition) is 2. The number of nitrogens with zero attached hydrogens (tertiary/aromatic N) is 2. The van der Waals surface area contributed by atoms with Crippen molar-refractivity contribution in [1.82, 2.24) is 9.97 Å². The first-order valence-corrected chi connectivity index (χ1v) is 7.56. The lowest BCUT2D eigenvalue weighted by Crippen LogP contribution is -2.16. The van der Waals surface area contributed by atoms with Crippen LogP contribution >= 0.6 is 0 Å². The van der Waals surface area contributed by atoms with Gasteiger partial charge in [-0.2, -0.15) is 0 Å². The van der Waals surface area contributed by atoms with E-state index in [-0.39, 0.29) is 0 Å². The van der Waals surface area contributed by atoms with E-state index >= 15 is 0 Å². The third-order valence-electron chi connectivity index (χ3n) is 3.58. The Morgan fingerprint density at radius 2 is 2.00 bits per heavy atom. The van der Waals surface area contributed by atoms with Gasteiger partial charge in [-0.25, -0.2) is 9.97 Å². The van der Waals surface area contributed by atoms with Crippen molar-refractivity contribution in [3.8, 4) is 0 Å². The Hall–Kier alpha value is -1.32. The molecule has 0 aliphatic heterocycles. The summed E-state index contributed by atoms with van der Waals surface area (Å²) in [6.07, 6.45) is 8.58. The largest absolute Gasteiger partial charge is 0.383 e. The van der Waals surface area contributed by atoms with E-state index in [0.717, 1.165) is 30.8 Å². The van der Waals surface area contributed by atoms with Crippen molar-refractivity contribution < 1.29 is 0 Å². The average molecular weight is 264 g/mol. The molecule has 0 aliphatic carbocycles. The van der Waals surface area contributed by atoms with Crippen LogP contribution < -0.4 is 11.1 Å². The smallest absolute Gasteiger partial charge is 0.134 e. The van der Waals surface area contributed by atoms with Crippen LogP contribution in [-0.2, 0) is 6.42 Å². The first-order chi connectivity index (χ1) is 9.22. The maximum absolute atomic E-state index is 5.94. The highest BCUT2D eigenvalue weighted by Crippen LogP contribution is 2.20. The van der Waals surface area contributed by atoms with E-state index in [4.69, 9.17) is 5.73 Å². The number of anilines is 2. The molecule has 1 aromatic heterocycles. The predicted octanol–water partition coefficient (Wildman–Crippen LogP) is 3.64. The highest BCUT2D eigenvalue weighted by atomic mass is 15.0. The Morgan fingerprint density at radius 3 is 2.63 bits per heavy atom. The lowest BCUT2D eigenvalue weighted by Gasteiger charge is -2.17. The first kappa shape index (κ1) is 15.7. The van der Waals surface area contributed by atoms with Crippen LogP contribution in [0.2, 0.25) is 0 Å². The summed E-state index contributed by atoms with van der Waals surface area (Å²) in [5.74, 6) is 2.25. The summed E-state index contributed by atoms with van der Waals surface area (Å²) in [6, 6.07) is 0. The van der Waals surface area contributed by atoms with Crippen molar-refractivity contribution in [2.45, 2.75) is 59.3 Å². The second-order valence-corrected chi connectivity index (χ2v) is 5.13. The van der Waals surface area contributed by atoms with Gasteiger partial charge in [0, 0.05) is 12.1 Å². The van der Waals surface area contributed by atoms with Crippen molar-refractivity contribution in [3.63, 3.8) is 0 Å². The van der Waals surface area contributed by atoms with Crippen LogP contribution in [0.4, 0.5) is 11.6 Å². The third kappa shape index (κ3) is 5.05. The van der Waals surface area contributed by atoms with Gasteiger partial charge >= 0.3 is 0 Å². The quantitative estimate of drug-likeness (QED) is 0.714. The number of nitrogens with one attached hydrogen (secondary N) is 1. The molecule has 0 fully saturated rings. The van der Waals surface area contributed by atoms with Gasteiger partial charge < -0.3 is 11.1 Å². The lowest BCUT2D eigenvalue weighted by atomic mass is 9.99. The van der Waals surface area contributed by atoms with Gasteiger partial charge in [0.1, 0.15) is 18.0 Å². The standard InChI is InChI=1S/C15H28N4/c1-4-7-9-12(6-3)10-17-15-13(8-5-2)14(16)18-11-19-15/h11-12H,4-10H2,1-3H3,(H3,16,17,18,19). The fourth-order valence-corrected chi connectivity index (χ4v) is 2.26. The first-order valence-electron chi connectivity index (χ1n) is 7.56. The van der Waals surface area contributed by atoms with E-state index < -0.39 is 0 Å². The summed E-state index contributed by atoms with van der Waals surface area (Å²) in [6.45, 7) is 7.61. The van der Waals surface area contributed by atoms with Crippen molar-refractivity contribution in [2.24, 2.45) is 5.92 Å². The highest BCUT2D eigenvalue weighted by molar-refractivity contribution is 5.54. The number of unbranched alkanes of at least 4 members (excludes halogenated alkanes) is 1. The van der Waals surface area contributed by atoms with Crippen molar-refractivity contribution >= 4 is 11.6 Å². The molecule has 0 aliphatic rings. The van der Waals surface area contributed by atoms with E-state index in [9.17, 15) is 0 Å². The van der Waals surface area contributed by atoms with Gasteiger partial charge in [-0.05, 0) is 18.8 Å². The summed E-state index contributed by atoms with van der Waals surface area (Å²) < 4.78 is 0. The van der Waals surface area contributed by atoms with Gasteiger partial charge in [0.05, 0.1) is 0 Å². The molecule has 0 aromatic carbocycles. The number of nitrogen functional groups attached to an aromatic ring is 1. The van der Waals surface area contributed by atoms with Gasteiger partial charge in [-0.3, -0.25) is 0 Å². The fraction of sp³-hybridized carbons (Fsp3) is 0.733. The minimum Gasteiger partial charge on any atom is -0.383 e. The molecule has 0 bridgehead atoms. The maximum Gasteiger partial charge on any atom is 0.134 e. The van der Waals surface area contributed by atoms with Gasteiger partial charge in [0.2, 0.25) is 0 Å². The minimum absolute atomic E-state index is 0.612. The van der Waals surface area contributed by atoms with E-state index in [0.29, 0.717) is 11.7 Å². The molecule has 1 atom stereocenters. The van der Waals surface area contributed by atoms with E-state index in [1.54, 1.807) is 6.33 Å². The minimum atomic E-state index is 0.612. The second-order valence-electron chi connectivity index (χ2n) is 5.13. The molecular formula is C15H28N4. The van der Waals surface area contributed by atoms with Crippen LogP contribution in [0, 0.1) is 5.92 Å². The zero-order valence-electron chi connectivity index (χ0n) is 12.6. The predicted molar refractivity (Wildman–Crippen MR) is 82.2 cm³/mol. The Morgan fingerprint density at radius 1 is 1.21 bits per heavy atom. The molecule has 1 heterocycles. The molecular weight excluding hydrogens is 236 g/mol. The van der Waals surface area contributed by atoms with Crippen LogP contribution in [-0.4, -0.2) is 16.5 Å². The molecule has 19 heavy (non-hydrogen) atoms. The molecule has 1 rings (SSSR count). The van der Waals surface area contributed by atoms with Crippen LogP contribution in [0.1, 0.15) is 58.4 Å². The molecule has 4 heteroatoms. The SMILES string of the molecule is CCCCC(CC)CNc1ncnc(N)c1CCC. The number of hydrogen-bond acceptors (Lipinski definition) is 4. The molecule has 3 N–H and O–H groups in total. The lowest BCUT2D eigenvalue weighted by molar-refractivity contribution is 0.472. The molecule has 108 valence electrons. The summed E-state index contributed by atoms with van der Waals surface area (Å²) in [4.78, 5) is 8.42. The Kier molecular flexibility index (Phi) is 7.23.